The zero-order valence-electron chi connectivity index (χ0n) is 15.1. The standard InChI is InChI=1S/C18H27F3N4O/c1-2-22-18(23-9-12-25-10-4-3-5-11-25)24-13-14-15(19)7-6-8-16(14)26-17(20)21/h6-8,17H,2-5,9-13H2,1H3,(H2,22,23,24). The molecule has 0 saturated carbocycles. The molecule has 26 heavy (non-hydrogen) atoms. The Morgan fingerprint density at radius 2 is 2.00 bits per heavy atom. The summed E-state index contributed by atoms with van der Waals surface area (Å²) in [5, 5.41) is 6.28. The number of rotatable bonds is 8. The number of nitrogens with one attached hydrogen (secondary N) is 2. The predicted octanol–water partition coefficient (Wildman–Crippen LogP) is 2.97. The van der Waals surface area contributed by atoms with E-state index in [1.165, 1.54) is 37.5 Å². The summed E-state index contributed by atoms with van der Waals surface area (Å²) in [6.07, 6.45) is 3.75. The first-order valence-electron chi connectivity index (χ1n) is 9.07. The molecule has 0 aromatic heterocycles. The third kappa shape index (κ3) is 6.74. The average Bonchev–Trinajstić information content (AvgIpc) is 2.61. The lowest BCUT2D eigenvalue weighted by atomic mass is 10.1. The van der Waals surface area contributed by atoms with Crippen molar-refractivity contribution < 1.29 is 17.9 Å². The van der Waals surface area contributed by atoms with E-state index in [2.05, 4.69) is 25.3 Å². The molecule has 2 rings (SSSR count). The molecule has 1 aromatic carbocycles. The van der Waals surface area contributed by atoms with Gasteiger partial charge >= 0.3 is 6.61 Å². The largest absolute Gasteiger partial charge is 0.434 e. The molecule has 0 unspecified atom stereocenters. The molecular weight excluding hydrogens is 345 g/mol. The number of ether oxygens (including phenoxy) is 1. The fraction of sp³-hybridized carbons (Fsp3) is 0.611. The second kappa shape index (κ2) is 10.9. The SMILES string of the molecule is CCNC(=NCc1c(F)cccc1OC(F)F)NCCN1CCCCC1. The maximum Gasteiger partial charge on any atom is 0.387 e. The first kappa shape index (κ1) is 20.4. The predicted molar refractivity (Wildman–Crippen MR) is 96.1 cm³/mol. The number of alkyl halides is 2. The Bertz CT molecular complexity index is 578. The minimum Gasteiger partial charge on any atom is -0.434 e. The summed E-state index contributed by atoms with van der Waals surface area (Å²) in [5.74, 6) is -0.278. The zero-order chi connectivity index (χ0) is 18.8. The molecular formula is C18H27F3N4O. The summed E-state index contributed by atoms with van der Waals surface area (Å²) in [4.78, 5) is 6.70. The lowest BCUT2D eigenvalue weighted by molar-refractivity contribution is -0.0506. The molecule has 2 N–H and O–H groups in total. The second-order valence-corrected chi connectivity index (χ2v) is 6.12. The van der Waals surface area contributed by atoms with Gasteiger partial charge in [0.15, 0.2) is 5.96 Å². The van der Waals surface area contributed by atoms with Crippen LogP contribution >= 0.6 is 0 Å². The van der Waals surface area contributed by atoms with Crippen molar-refractivity contribution >= 4 is 5.96 Å². The van der Waals surface area contributed by atoms with Crippen LogP contribution in [0.3, 0.4) is 0 Å². The van der Waals surface area contributed by atoms with Gasteiger partial charge in [0, 0.05) is 19.6 Å². The van der Waals surface area contributed by atoms with E-state index in [0.29, 0.717) is 19.0 Å². The van der Waals surface area contributed by atoms with E-state index >= 15 is 0 Å². The van der Waals surface area contributed by atoms with Gasteiger partial charge in [0.2, 0.25) is 0 Å². The molecule has 1 aliphatic rings. The molecule has 0 atom stereocenters. The number of hydrogen-bond donors (Lipinski definition) is 2. The highest BCUT2D eigenvalue weighted by Crippen LogP contribution is 2.24. The van der Waals surface area contributed by atoms with Crippen molar-refractivity contribution in [1.82, 2.24) is 15.5 Å². The van der Waals surface area contributed by atoms with Gasteiger partial charge in [-0.25, -0.2) is 9.38 Å². The lowest BCUT2D eigenvalue weighted by Crippen LogP contribution is -2.42. The fourth-order valence-corrected chi connectivity index (χ4v) is 2.91. The van der Waals surface area contributed by atoms with Gasteiger partial charge in [-0.05, 0) is 45.0 Å². The summed E-state index contributed by atoms with van der Waals surface area (Å²) in [6.45, 7) is 3.32. The lowest BCUT2D eigenvalue weighted by Gasteiger charge is -2.26. The summed E-state index contributed by atoms with van der Waals surface area (Å²) >= 11 is 0. The normalized spacial score (nSPS) is 16.0. The van der Waals surface area contributed by atoms with Gasteiger partial charge < -0.3 is 20.3 Å². The third-order valence-corrected chi connectivity index (χ3v) is 4.20. The van der Waals surface area contributed by atoms with Gasteiger partial charge in [-0.3, -0.25) is 0 Å². The first-order chi connectivity index (χ1) is 12.6. The fourth-order valence-electron chi connectivity index (χ4n) is 2.91. The Morgan fingerprint density at radius 1 is 1.23 bits per heavy atom. The van der Waals surface area contributed by atoms with Gasteiger partial charge in [-0.1, -0.05) is 12.5 Å². The van der Waals surface area contributed by atoms with E-state index in [1.807, 2.05) is 6.92 Å². The quantitative estimate of drug-likeness (QED) is 0.544. The van der Waals surface area contributed by atoms with Gasteiger partial charge in [0.1, 0.15) is 11.6 Å². The summed E-state index contributed by atoms with van der Waals surface area (Å²) < 4.78 is 43.3. The zero-order valence-corrected chi connectivity index (χ0v) is 15.1. The average molecular weight is 372 g/mol. The maximum absolute atomic E-state index is 14.0. The number of likely N-dealkylation sites (tertiary alicyclic amines) is 1. The highest BCUT2D eigenvalue weighted by Gasteiger charge is 2.14. The van der Waals surface area contributed by atoms with Crippen molar-refractivity contribution in [3.8, 4) is 5.75 Å². The third-order valence-electron chi connectivity index (χ3n) is 4.20. The van der Waals surface area contributed by atoms with Crippen molar-refractivity contribution in [2.75, 3.05) is 32.7 Å². The van der Waals surface area contributed by atoms with Crippen molar-refractivity contribution in [3.63, 3.8) is 0 Å². The minimum atomic E-state index is -3.00. The van der Waals surface area contributed by atoms with E-state index in [9.17, 15) is 13.2 Å². The van der Waals surface area contributed by atoms with Crippen LogP contribution in [0, 0.1) is 5.82 Å². The molecule has 146 valence electrons. The van der Waals surface area contributed by atoms with Crippen LogP contribution in [0.1, 0.15) is 31.7 Å². The van der Waals surface area contributed by atoms with Crippen molar-refractivity contribution in [3.05, 3.63) is 29.6 Å². The van der Waals surface area contributed by atoms with Crippen molar-refractivity contribution in [2.24, 2.45) is 4.99 Å². The Balaban J connectivity index is 1.95. The van der Waals surface area contributed by atoms with Crippen LogP contribution in [0.2, 0.25) is 0 Å². The molecule has 1 saturated heterocycles. The van der Waals surface area contributed by atoms with Crippen LogP contribution in [0.25, 0.3) is 0 Å². The Kier molecular flexibility index (Phi) is 8.53. The summed E-state index contributed by atoms with van der Waals surface area (Å²) in [7, 11) is 0. The number of piperidine rings is 1. The van der Waals surface area contributed by atoms with Crippen LogP contribution in [0.15, 0.2) is 23.2 Å². The summed E-state index contributed by atoms with van der Waals surface area (Å²) in [6, 6.07) is 3.86. The van der Waals surface area contributed by atoms with Crippen LogP contribution in [0.4, 0.5) is 13.2 Å². The molecule has 0 spiro atoms. The van der Waals surface area contributed by atoms with Gasteiger partial charge in [0.05, 0.1) is 12.1 Å². The molecule has 8 heteroatoms. The summed E-state index contributed by atoms with van der Waals surface area (Å²) in [5.41, 5.74) is 0.0148. The van der Waals surface area contributed by atoms with E-state index < -0.39 is 12.4 Å². The molecule has 0 radical (unpaired) electrons. The molecule has 5 nitrogen and oxygen atoms in total. The molecule has 1 aliphatic heterocycles. The van der Waals surface area contributed by atoms with Crippen molar-refractivity contribution in [2.45, 2.75) is 39.3 Å². The Morgan fingerprint density at radius 3 is 2.69 bits per heavy atom. The second-order valence-electron chi connectivity index (χ2n) is 6.12. The first-order valence-corrected chi connectivity index (χ1v) is 9.07. The number of guanidine groups is 1. The van der Waals surface area contributed by atoms with E-state index in [-0.39, 0.29) is 17.9 Å². The molecule has 1 aromatic rings. The topological polar surface area (TPSA) is 48.9 Å². The van der Waals surface area contributed by atoms with E-state index in [0.717, 1.165) is 19.6 Å². The van der Waals surface area contributed by atoms with Gasteiger partial charge in [-0.2, -0.15) is 8.78 Å². The monoisotopic (exact) mass is 372 g/mol. The van der Waals surface area contributed by atoms with Crippen molar-refractivity contribution in [1.29, 1.82) is 0 Å². The Hall–Kier alpha value is -1.96. The number of nitrogens with zero attached hydrogens (tertiary/aromatic N) is 2. The molecule has 0 aliphatic carbocycles. The number of benzene rings is 1. The molecule has 1 heterocycles. The molecule has 1 fully saturated rings. The van der Waals surface area contributed by atoms with Crippen LogP contribution in [0.5, 0.6) is 5.75 Å². The van der Waals surface area contributed by atoms with Gasteiger partial charge in [0.25, 0.3) is 0 Å². The number of aliphatic imine (C=N–C) groups is 1. The molecule has 0 bridgehead atoms. The van der Waals surface area contributed by atoms with Gasteiger partial charge in [-0.15, -0.1) is 0 Å². The number of halogens is 3. The Labute approximate surface area is 152 Å². The minimum absolute atomic E-state index is 0.0148. The van der Waals surface area contributed by atoms with Crippen LogP contribution in [-0.2, 0) is 6.54 Å². The van der Waals surface area contributed by atoms with E-state index in [4.69, 9.17) is 0 Å². The number of hydrogen-bond acceptors (Lipinski definition) is 3. The van der Waals surface area contributed by atoms with Crippen LogP contribution < -0.4 is 15.4 Å². The maximum atomic E-state index is 14.0. The smallest absolute Gasteiger partial charge is 0.387 e. The highest BCUT2D eigenvalue weighted by molar-refractivity contribution is 5.79. The van der Waals surface area contributed by atoms with Crippen LogP contribution in [-0.4, -0.2) is 50.2 Å². The van der Waals surface area contributed by atoms with E-state index in [1.54, 1.807) is 0 Å². The molecule has 0 amide bonds. The highest BCUT2D eigenvalue weighted by atomic mass is 19.3.